The molecule has 0 spiro atoms. The molecule has 1 heterocycles. The molecule has 10 heteroatoms. The van der Waals surface area contributed by atoms with Crippen LogP contribution in [0.4, 0.5) is 11.4 Å². The molecule has 0 fully saturated rings. The third-order valence-electron chi connectivity index (χ3n) is 4.80. The first-order valence-corrected chi connectivity index (χ1v) is 13.1. The van der Waals surface area contributed by atoms with Crippen LogP contribution in [0.3, 0.4) is 0 Å². The van der Waals surface area contributed by atoms with Gasteiger partial charge in [0.25, 0.3) is 0 Å². The van der Waals surface area contributed by atoms with Gasteiger partial charge in [-0.3, -0.25) is 9.10 Å². The highest BCUT2D eigenvalue weighted by Gasteiger charge is 2.24. The van der Waals surface area contributed by atoms with E-state index < -0.39 is 15.9 Å². The van der Waals surface area contributed by atoms with Gasteiger partial charge < -0.3 is 14.8 Å². The number of nitrogens with one attached hydrogen (secondary N) is 1. The van der Waals surface area contributed by atoms with Crippen LogP contribution in [0.25, 0.3) is 0 Å². The number of carbonyl (C=O) groups excluding carboxylic acids is 1. The summed E-state index contributed by atoms with van der Waals surface area (Å²) in [6, 6.07) is 19.7. The smallest absolute Gasteiger partial charge is 0.245 e. The average Bonchev–Trinajstić information content (AvgIpc) is 3.25. The number of rotatable bonds is 8. The monoisotopic (exact) mass is 504 g/mol. The minimum absolute atomic E-state index is 0.0720. The molecule has 33 heavy (non-hydrogen) atoms. The largest absolute Gasteiger partial charge is 0.454 e. The van der Waals surface area contributed by atoms with Crippen molar-refractivity contribution in [3.8, 4) is 11.5 Å². The number of ether oxygens (including phenoxy) is 2. The van der Waals surface area contributed by atoms with Gasteiger partial charge in [-0.25, -0.2) is 8.42 Å². The first kappa shape index (κ1) is 23.3. The van der Waals surface area contributed by atoms with Gasteiger partial charge in [0, 0.05) is 21.7 Å². The van der Waals surface area contributed by atoms with Crippen LogP contribution in [0.2, 0.25) is 5.02 Å². The summed E-state index contributed by atoms with van der Waals surface area (Å²) >= 11 is 7.50. The summed E-state index contributed by atoms with van der Waals surface area (Å²) in [5, 5.41) is 3.51. The highest BCUT2D eigenvalue weighted by Crippen LogP contribution is 2.36. The molecule has 0 bridgehead atoms. The summed E-state index contributed by atoms with van der Waals surface area (Å²) in [6.07, 6.45) is 1.06. The summed E-state index contributed by atoms with van der Waals surface area (Å²) in [7, 11) is -3.72. The van der Waals surface area contributed by atoms with E-state index in [2.05, 4.69) is 5.32 Å². The van der Waals surface area contributed by atoms with Gasteiger partial charge in [0.15, 0.2) is 11.5 Å². The lowest BCUT2D eigenvalue weighted by molar-refractivity contribution is -0.114. The number of benzene rings is 3. The van der Waals surface area contributed by atoms with Crippen LogP contribution in [0, 0.1) is 0 Å². The maximum atomic E-state index is 12.8. The van der Waals surface area contributed by atoms with Crippen molar-refractivity contribution in [1.82, 2.24) is 0 Å². The van der Waals surface area contributed by atoms with E-state index in [-0.39, 0.29) is 13.3 Å². The second-order valence-electron chi connectivity index (χ2n) is 7.27. The van der Waals surface area contributed by atoms with E-state index in [1.54, 1.807) is 36.0 Å². The molecule has 1 N–H and O–H groups in total. The van der Waals surface area contributed by atoms with Crippen LogP contribution >= 0.6 is 23.4 Å². The maximum Gasteiger partial charge on any atom is 0.245 e. The third-order valence-corrected chi connectivity index (χ3v) is 7.34. The fraction of sp³-hybridized carbons (Fsp3) is 0.174. The van der Waals surface area contributed by atoms with E-state index in [4.69, 9.17) is 21.1 Å². The lowest BCUT2D eigenvalue weighted by Gasteiger charge is -2.22. The maximum absolute atomic E-state index is 12.8. The Morgan fingerprint density at radius 2 is 1.79 bits per heavy atom. The Balaban J connectivity index is 1.47. The Hall–Kier alpha value is -2.88. The van der Waals surface area contributed by atoms with Crippen molar-refractivity contribution in [1.29, 1.82) is 0 Å². The lowest BCUT2D eigenvalue weighted by Crippen LogP contribution is -2.37. The topological polar surface area (TPSA) is 84.9 Å². The molecule has 0 aromatic heterocycles. The van der Waals surface area contributed by atoms with Crippen LogP contribution in [-0.4, -0.2) is 33.9 Å². The molecule has 4 rings (SSSR count). The molecule has 1 aliphatic rings. The van der Waals surface area contributed by atoms with Crippen LogP contribution in [0.15, 0.2) is 71.6 Å². The third kappa shape index (κ3) is 5.93. The van der Waals surface area contributed by atoms with Gasteiger partial charge in [0.2, 0.25) is 22.7 Å². The number of para-hydroxylation sites is 1. The first-order valence-electron chi connectivity index (χ1n) is 9.93. The first-order chi connectivity index (χ1) is 15.8. The van der Waals surface area contributed by atoms with E-state index in [9.17, 15) is 13.2 Å². The standard InChI is InChI=1S/C23H21ClN2O5S2/c1-33(28,29)26(18-10-11-20-21(12-18)31-15-30-20)13-23(27)25-19-4-2-3-5-22(19)32-14-16-6-8-17(24)9-7-16/h2-12H,13-15H2,1H3,(H,25,27). The average molecular weight is 505 g/mol. The summed E-state index contributed by atoms with van der Waals surface area (Å²) in [6.45, 7) is -0.308. The fourth-order valence-electron chi connectivity index (χ4n) is 3.20. The highest BCUT2D eigenvalue weighted by atomic mass is 35.5. The van der Waals surface area contributed by atoms with E-state index in [0.29, 0.717) is 33.6 Å². The number of halogens is 1. The number of sulfonamides is 1. The van der Waals surface area contributed by atoms with Gasteiger partial charge >= 0.3 is 0 Å². The Bertz CT molecular complexity index is 1270. The van der Waals surface area contributed by atoms with Gasteiger partial charge in [-0.1, -0.05) is 35.9 Å². The quantitative estimate of drug-likeness (QED) is 0.445. The molecule has 0 unspecified atom stereocenters. The summed E-state index contributed by atoms with van der Waals surface area (Å²) in [4.78, 5) is 13.7. The summed E-state index contributed by atoms with van der Waals surface area (Å²) in [5.74, 6) is 1.20. The number of anilines is 2. The molecule has 0 atom stereocenters. The van der Waals surface area contributed by atoms with Crippen molar-refractivity contribution in [3.63, 3.8) is 0 Å². The second-order valence-corrected chi connectivity index (χ2v) is 10.6. The molecular formula is C23H21ClN2O5S2. The molecule has 1 aliphatic heterocycles. The van der Waals surface area contributed by atoms with Gasteiger partial charge in [-0.15, -0.1) is 11.8 Å². The minimum Gasteiger partial charge on any atom is -0.454 e. The zero-order valence-corrected chi connectivity index (χ0v) is 20.0. The van der Waals surface area contributed by atoms with E-state index in [1.807, 2.05) is 42.5 Å². The molecule has 0 radical (unpaired) electrons. The lowest BCUT2D eigenvalue weighted by atomic mass is 10.2. The SMILES string of the molecule is CS(=O)(=O)N(CC(=O)Nc1ccccc1SCc1ccc(Cl)cc1)c1ccc2c(c1)OCO2. The molecule has 1 amide bonds. The van der Waals surface area contributed by atoms with E-state index in [0.717, 1.165) is 21.0 Å². The Morgan fingerprint density at radius 1 is 1.06 bits per heavy atom. The molecule has 3 aromatic carbocycles. The van der Waals surface area contributed by atoms with Gasteiger partial charge in [-0.2, -0.15) is 0 Å². The number of hydrogen-bond donors (Lipinski definition) is 1. The number of nitrogens with zero attached hydrogens (tertiary/aromatic N) is 1. The zero-order valence-electron chi connectivity index (χ0n) is 17.7. The number of amides is 1. The van der Waals surface area contributed by atoms with E-state index >= 15 is 0 Å². The number of fused-ring (bicyclic) bond motifs is 1. The molecule has 0 saturated carbocycles. The van der Waals surface area contributed by atoms with Crippen LogP contribution < -0.4 is 19.1 Å². The Labute approximate surface area is 201 Å². The van der Waals surface area contributed by atoms with Gasteiger partial charge in [0.05, 0.1) is 17.6 Å². The van der Waals surface area contributed by atoms with Crippen LogP contribution in [0.1, 0.15) is 5.56 Å². The molecule has 3 aromatic rings. The molecule has 7 nitrogen and oxygen atoms in total. The van der Waals surface area contributed by atoms with Crippen LogP contribution in [0.5, 0.6) is 11.5 Å². The Morgan fingerprint density at radius 3 is 2.55 bits per heavy atom. The predicted molar refractivity (Wildman–Crippen MR) is 131 cm³/mol. The number of hydrogen-bond acceptors (Lipinski definition) is 6. The predicted octanol–water partition coefficient (Wildman–Crippen LogP) is 4.77. The number of carbonyl (C=O) groups is 1. The van der Waals surface area contributed by atoms with Crippen LogP contribution in [-0.2, 0) is 20.6 Å². The highest BCUT2D eigenvalue weighted by molar-refractivity contribution is 7.98. The Kier molecular flexibility index (Phi) is 7.02. The van der Waals surface area contributed by atoms with Crippen molar-refractivity contribution in [3.05, 3.63) is 77.3 Å². The van der Waals surface area contributed by atoms with Crippen molar-refractivity contribution in [2.45, 2.75) is 10.6 Å². The van der Waals surface area contributed by atoms with E-state index in [1.165, 1.54) is 0 Å². The van der Waals surface area contributed by atoms with Crippen molar-refractivity contribution >= 4 is 50.7 Å². The summed E-state index contributed by atoms with van der Waals surface area (Å²) < 4.78 is 36.5. The summed E-state index contributed by atoms with van der Waals surface area (Å²) in [5.41, 5.74) is 2.03. The van der Waals surface area contributed by atoms with Crippen molar-refractivity contribution in [2.24, 2.45) is 0 Å². The molecular weight excluding hydrogens is 484 g/mol. The zero-order chi connectivity index (χ0) is 23.4. The van der Waals surface area contributed by atoms with Crippen molar-refractivity contribution < 1.29 is 22.7 Å². The van der Waals surface area contributed by atoms with Gasteiger partial charge in [-0.05, 0) is 42.0 Å². The second kappa shape index (κ2) is 9.94. The normalized spacial score (nSPS) is 12.4. The fourth-order valence-corrected chi connectivity index (χ4v) is 5.14. The molecule has 0 aliphatic carbocycles. The minimum atomic E-state index is -3.72. The van der Waals surface area contributed by atoms with Gasteiger partial charge in [0.1, 0.15) is 6.54 Å². The van der Waals surface area contributed by atoms with Crippen molar-refractivity contribution in [2.75, 3.05) is 29.2 Å². The molecule has 172 valence electrons. The number of thioether (sulfide) groups is 1. The molecule has 0 saturated heterocycles.